The number of rotatable bonds is 4. The van der Waals surface area contributed by atoms with Gasteiger partial charge in [0, 0.05) is 6.04 Å². The van der Waals surface area contributed by atoms with Crippen LogP contribution in [0.3, 0.4) is 0 Å². The Morgan fingerprint density at radius 1 is 0.957 bits per heavy atom. The smallest absolute Gasteiger partial charge is 0.207 e. The lowest BCUT2D eigenvalue weighted by atomic mass is 10.1. The van der Waals surface area contributed by atoms with E-state index < -0.39 is 33.6 Å². The second-order valence-corrected chi connectivity index (χ2v) is 6.63. The molecule has 124 valence electrons. The lowest BCUT2D eigenvalue weighted by Gasteiger charge is -2.15. The molecule has 2 rings (SSSR count). The highest BCUT2D eigenvalue weighted by molar-refractivity contribution is 7.89. The van der Waals surface area contributed by atoms with Gasteiger partial charge in [-0.2, -0.15) is 13.2 Å². The highest BCUT2D eigenvalue weighted by Crippen LogP contribution is 2.29. The first-order valence-corrected chi connectivity index (χ1v) is 8.03. The molecular weight excluding hydrogens is 334 g/mol. The maximum absolute atomic E-state index is 12.9. The average Bonchev–Trinajstić information content (AvgIpc) is 2.46. The van der Waals surface area contributed by atoms with E-state index in [-0.39, 0.29) is 4.90 Å². The van der Waals surface area contributed by atoms with Crippen LogP contribution in [-0.4, -0.2) is 8.42 Å². The van der Waals surface area contributed by atoms with Crippen molar-refractivity contribution in [3.63, 3.8) is 0 Å². The molecule has 2 aromatic rings. The van der Waals surface area contributed by atoms with E-state index in [9.17, 15) is 26.0 Å². The molecule has 0 saturated carbocycles. The van der Waals surface area contributed by atoms with Crippen LogP contribution in [-0.2, 0) is 16.2 Å². The standard InChI is InChI=1S/C15H13F4NO2S/c1-10(11-2-6-13(16)7-3-11)20-23(21,22)14-8-4-12(5-9-14)15(17,18)19/h2-10,20H,1H3/t10-/m1/s1. The van der Waals surface area contributed by atoms with E-state index in [1.54, 1.807) is 6.92 Å². The van der Waals surface area contributed by atoms with Crippen molar-refractivity contribution >= 4 is 10.0 Å². The average molecular weight is 347 g/mol. The Labute approximate surface area is 131 Å². The van der Waals surface area contributed by atoms with Gasteiger partial charge in [0.15, 0.2) is 0 Å². The molecule has 23 heavy (non-hydrogen) atoms. The predicted octanol–water partition coefficient (Wildman–Crippen LogP) is 3.88. The third kappa shape index (κ3) is 4.29. The van der Waals surface area contributed by atoms with E-state index in [0.717, 1.165) is 12.1 Å². The minimum atomic E-state index is -4.53. The molecule has 0 amide bonds. The fourth-order valence-corrected chi connectivity index (χ4v) is 3.18. The molecule has 0 unspecified atom stereocenters. The van der Waals surface area contributed by atoms with Gasteiger partial charge in [-0.05, 0) is 48.9 Å². The Morgan fingerprint density at radius 2 is 1.48 bits per heavy atom. The number of hydrogen-bond acceptors (Lipinski definition) is 2. The van der Waals surface area contributed by atoms with Crippen LogP contribution in [0.1, 0.15) is 24.1 Å². The summed E-state index contributed by atoms with van der Waals surface area (Å²) in [4.78, 5) is -0.278. The van der Waals surface area contributed by atoms with Crippen LogP contribution >= 0.6 is 0 Å². The third-order valence-corrected chi connectivity index (χ3v) is 4.75. The summed E-state index contributed by atoms with van der Waals surface area (Å²) in [6, 6.07) is 7.77. The molecule has 0 heterocycles. The maximum Gasteiger partial charge on any atom is 0.416 e. The summed E-state index contributed by atoms with van der Waals surface area (Å²) in [7, 11) is -3.99. The van der Waals surface area contributed by atoms with E-state index in [0.29, 0.717) is 17.7 Å². The predicted molar refractivity (Wildman–Crippen MR) is 76.6 cm³/mol. The molecule has 0 spiro atoms. The summed E-state index contributed by atoms with van der Waals surface area (Å²) >= 11 is 0. The van der Waals surface area contributed by atoms with Gasteiger partial charge in [-0.15, -0.1) is 0 Å². The van der Waals surface area contributed by atoms with Gasteiger partial charge in [-0.1, -0.05) is 12.1 Å². The number of alkyl halides is 3. The fraction of sp³-hybridized carbons (Fsp3) is 0.200. The van der Waals surface area contributed by atoms with Gasteiger partial charge < -0.3 is 0 Å². The Balaban J connectivity index is 2.20. The second-order valence-electron chi connectivity index (χ2n) is 4.92. The zero-order valence-electron chi connectivity index (χ0n) is 11.9. The molecule has 0 fully saturated rings. The molecule has 1 atom stereocenters. The molecular formula is C15H13F4NO2S. The molecule has 0 aliphatic carbocycles. The number of nitrogens with one attached hydrogen (secondary N) is 1. The molecule has 1 N–H and O–H groups in total. The highest BCUT2D eigenvalue weighted by Gasteiger charge is 2.30. The summed E-state index contributed by atoms with van der Waals surface area (Å²) in [5, 5.41) is 0. The van der Waals surface area contributed by atoms with Gasteiger partial charge >= 0.3 is 6.18 Å². The van der Waals surface area contributed by atoms with Gasteiger partial charge in [0.05, 0.1) is 10.5 Å². The molecule has 3 nitrogen and oxygen atoms in total. The fourth-order valence-electron chi connectivity index (χ4n) is 1.94. The van der Waals surface area contributed by atoms with Crippen molar-refractivity contribution in [2.24, 2.45) is 0 Å². The van der Waals surface area contributed by atoms with Gasteiger partial charge in [0.25, 0.3) is 0 Å². The Hall–Kier alpha value is -1.93. The largest absolute Gasteiger partial charge is 0.416 e. The molecule has 0 bridgehead atoms. The first-order valence-electron chi connectivity index (χ1n) is 6.54. The van der Waals surface area contributed by atoms with Crippen molar-refractivity contribution in [2.75, 3.05) is 0 Å². The van der Waals surface area contributed by atoms with Crippen molar-refractivity contribution in [1.82, 2.24) is 4.72 Å². The summed E-state index contributed by atoms with van der Waals surface area (Å²) in [6.07, 6.45) is -4.53. The molecule has 2 aromatic carbocycles. The maximum atomic E-state index is 12.9. The number of benzene rings is 2. The van der Waals surface area contributed by atoms with Gasteiger partial charge in [-0.3, -0.25) is 0 Å². The lowest BCUT2D eigenvalue weighted by molar-refractivity contribution is -0.137. The van der Waals surface area contributed by atoms with Crippen molar-refractivity contribution in [1.29, 1.82) is 0 Å². The van der Waals surface area contributed by atoms with Crippen LogP contribution < -0.4 is 4.72 Å². The van der Waals surface area contributed by atoms with Crippen molar-refractivity contribution in [2.45, 2.75) is 24.0 Å². The van der Waals surface area contributed by atoms with Crippen molar-refractivity contribution < 1.29 is 26.0 Å². The summed E-state index contributed by atoms with van der Waals surface area (Å²) in [5.74, 6) is -0.452. The van der Waals surface area contributed by atoms with Crippen molar-refractivity contribution in [3.05, 3.63) is 65.5 Å². The van der Waals surface area contributed by atoms with E-state index in [1.165, 1.54) is 24.3 Å². The first kappa shape index (κ1) is 17.4. The van der Waals surface area contributed by atoms with E-state index in [4.69, 9.17) is 0 Å². The van der Waals surface area contributed by atoms with Crippen LogP contribution in [0, 0.1) is 5.82 Å². The van der Waals surface area contributed by atoms with Gasteiger partial charge in [0.1, 0.15) is 5.82 Å². The Morgan fingerprint density at radius 3 is 1.96 bits per heavy atom. The molecule has 0 aromatic heterocycles. The normalized spacial score (nSPS) is 13.8. The molecule has 0 radical (unpaired) electrons. The Bertz CT molecular complexity index is 769. The summed E-state index contributed by atoms with van der Waals surface area (Å²) in [5.41, 5.74) is -0.398. The van der Waals surface area contributed by atoms with Crippen LogP contribution in [0.4, 0.5) is 17.6 Å². The minimum Gasteiger partial charge on any atom is -0.207 e. The molecule has 0 saturated heterocycles. The monoisotopic (exact) mass is 347 g/mol. The minimum absolute atomic E-state index is 0.278. The third-order valence-electron chi connectivity index (χ3n) is 3.19. The number of halogens is 4. The zero-order valence-corrected chi connectivity index (χ0v) is 12.7. The van der Waals surface area contributed by atoms with Crippen molar-refractivity contribution in [3.8, 4) is 0 Å². The topological polar surface area (TPSA) is 46.2 Å². The highest BCUT2D eigenvalue weighted by atomic mass is 32.2. The van der Waals surface area contributed by atoms with Gasteiger partial charge in [-0.25, -0.2) is 17.5 Å². The van der Waals surface area contributed by atoms with E-state index in [2.05, 4.69) is 4.72 Å². The molecule has 0 aliphatic rings. The summed E-state index contributed by atoms with van der Waals surface area (Å²) < 4.78 is 77.0. The Kier molecular flexibility index (Phi) is 4.76. The molecule has 0 aliphatic heterocycles. The number of sulfonamides is 1. The van der Waals surface area contributed by atoms with Crippen LogP contribution in [0.2, 0.25) is 0 Å². The quantitative estimate of drug-likeness (QED) is 0.853. The molecule has 8 heteroatoms. The second kappa shape index (κ2) is 6.29. The van der Waals surface area contributed by atoms with Crippen LogP contribution in [0.15, 0.2) is 53.4 Å². The van der Waals surface area contributed by atoms with E-state index in [1.807, 2.05) is 0 Å². The summed E-state index contributed by atoms with van der Waals surface area (Å²) in [6.45, 7) is 1.55. The first-order chi connectivity index (χ1) is 10.6. The van der Waals surface area contributed by atoms with Crippen LogP contribution in [0.5, 0.6) is 0 Å². The lowest BCUT2D eigenvalue weighted by Crippen LogP contribution is -2.27. The zero-order chi connectivity index (χ0) is 17.3. The number of hydrogen-bond donors (Lipinski definition) is 1. The van der Waals surface area contributed by atoms with E-state index >= 15 is 0 Å². The SMILES string of the molecule is C[C@@H](NS(=O)(=O)c1ccc(C(F)(F)F)cc1)c1ccc(F)cc1. The van der Waals surface area contributed by atoms with Crippen LogP contribution in [0.25, 0.3) is 0 Å². The van der Waals surface area contributed by atoms with Gasteiger partial charge in [0.2, 0.25) is 10.0 Å².